The van der Waals surface area contributed by atoms with Crippen LogP contribution in [0, 0.1) is 11.6 Å². The molecular weight excluding hydrogens is 385 g/mol. The van der Waals surface area contributed by atoms with Gasteiger partial charge in [0.25, 0.3) is 0 Å². The molecule has 0 radical (unpaired) electrons. The zero-order valence-corrected chi connectivity index (χ0v) is 16.2. The Morgan fingerprint density at radius 2 is 1.77 bits per heavy atom. The van der Waals surface area contributed by atoms with Crippen molar-refractivity contribution in [3.8, 4) is 0 Å². The van der Waals surface area contributed by atoms with Gasteiger partial charge in [-0.15, -0.1) is 12.4 Å². The predicted octanol–water partition coefficient (Wildman–Crippen LogP) is 4.11. The lowest BCUT2D eigenvalue weighted by Gasteiger charge is -2.17. The molecule has 0 aliphatic rings. The van der Waals surface area contributed by atoms with Crippen LogP contribution >= 0.6 is 24.0 Å². The Morgan fingerprint density at radius 1 is 1.08 bits per heavy atom. The molecule has 10 heteroatoms. The molecule has 0 amide bonds. The van der Waals surface area contributed by atoms with Crippen LogP contribution in [0.4, 0.5) is 26.4 Å². The number of halogens is 4. The van der Waals surface area contributed by atoms with Gasteiger partial charge in [0.2, 0.25) is 17.2 Å². The molecule has 0 aliphatic carbocycles. The Morgan fingerprint density at radius 3 is 2.42 bits per heavy atom. The molecule has 2 N–H and O–H groups in total. The number of benzene rings is 1. The van der Waals surface area contributed by atoms with E-state index in [1.54, 1.807) is 0 Å². The first-order valence-electron chi connectivity index (χ1n) is 8.11. The van der Waals surface area contributed by atoms with Crippen LogP contribution in [-0.4, -0.2) is 46.0 Å². The minimum atomic E-state index is -0.745. The smallest absolute Gasteiger partial charge is 0.233 e. The molecule has 0 atom stereocenters. The minimum absolute atomic E-state index is 0. The topological polar surface area (TPSA) is 66.0 Å². The van der Waals surface area contributed by atoms with Crippen molar-refractivity contribution < 1.29 is 8.78 Å². The van der Waals surface area contributed by atoms with Crippen molar-refractivity contribution in [1.29, 1.82) is 0 Å². The Bertz CT molecular complexity index is 700. The first kappa shape index (κ1) is 22.3. The maximum absolute atomic E-state index is 13.7. The number of hydrogen-bond acceptors (Lipinski definition) is 6. The molecule has 1 aromatic carbocycles. The van der Waals surface area contributed by atoms with E-state index in [1.807, 2.05) is 0 Å². The van der Waals surface area contributed by atoms with Crippen LogP contribution in [0.15, 0.2) is 18.2 Å². The van der Waals surface area contributed by atoms with Crippen LogP contribution in [0.1, 0.15) is 20.3 Å². The summed E-state index contributed by atoms with van der Waals surface area (Å²) in [4.78, 5) is 14.4. The summed E-state index contributed by atoms with van der Waals surface area (Å²) in [5.41, 5.74) is 0.0520. The highest BCUT2D eigenvalue weighted by Crippen LogP contribution is 2.19. The molecule has 0 spiro atoms. The van der Waals surface area contributed by atoms with Crippen LogP contribution < -0.4 is 10.6 Å². The number of nitrogens with zero attached hydrogens (tertiary/aromatic N) is 4. The van der Waals surface area contributed by atoms with E-state index in [4.69, 9.17) is 11.6 Å². The maximum atomic E-state index is 13.7. The van der Waals surface area contributed by atoms with E-state index in [2.05, 4.69) is 44.3 Å². The predicted molar refractivity (Wildman–Crippen MR) is 103 cm³/mol. The van der Waals surface area contributed by atoms with E-state index in [1.165, 1.54) is 6.07 Å². The molecule has 144 valence electrons. The Labute approximate surface area is 162 Å². The fraction of sp³-hybridized carbons (Fsp3) is 0.438. The van der Waals surface area contributed by atoms with Gasteiger partial charge in [0, 0.05) is 12.6 Å². The minimum Gasteiger partial charge on any atom is -0.354 e. The fourth-order valence-electron chi connectivity index (χ4n) is 2.24. The van der Waals surface area contributed by atoms with Crippen LogP contribution in [0.5, 0.6) is 0 Å². The highest BCUT2D eigenvalue weighted by molar-refractivity contribution is 6.28. The second-order valence-corrected chi connectivity index (χ2v) is 5.65. The standard InChI is InChI=1S/C16H21ClF2N6.ClH/c1-3-25(4-2)9-5-8-20-15-22-14(17)23-16(24-15)21-13-7-6-11(18)10-12(13)19;/h6-7,10H,3-5,8-9H2,1-2H3,(H2,20,21,22,23,24);1H. The third-order valence-electron chi connectivity index (χ3n) is 3.61. The van der Waals surface area contributed by atoms with Gasteiger partial charge in [0.1, 0.15) is 11.6 Å². The summed E-state index contributed by atoms with van der Waals surface area (Å²) in [6.45, 7) is 7.88. The van der Waals surface area contributed by atoms with Crippen molar-refractivity contribution in [2.24, 2.45) is 0 Å². The van der Waals surface area contributed by atoms with Gasteiger partial charge >= 0.3 is 0 Å². The van der Waals surface area contributed by atoms with Gasteiger partial charge < -0.3 is 15.5 Å². The van der Waals surface area contributed by atoms with Gasteiger partial charge in [-0.1, -0.05) is 13.8 Å². The SMILES string of the molecule is CCN(CC)CCCNc1nc(Cl)nc(Nc2ccc(F)cc2F)n1.Cl. The van der Waals surface area contributed by atoms with Gasteiger partial charge in [0.15, 0.2) is 0 Å². The lowest BCUT2D eigenvalue weighted by molar-refractivity contribution is 0.303. The van der Waals surface area contributed by atoms with E-state index < -0.39 is 11.6 Å². The molecule has 2 aromatic rings. The molecule has 0 bridgehead atoms. The third-order valence-corrected chi connectivity index (χ3v) is 3.78. The molecule has 6 nitrogen and oxygen atoms in total. The van der Waals surface area contributed by atoms with Crippen molar-refractivity contribution in [2.45, 2.75) is 20.3 Å². The van der Waals surface area contributed by atoms with Crippen LogP contribution in [0.25, 0.3) is 0 Å². The second kappa shape index (κ2) is 11.1. The highest BCUT2D eigenvalue weighted by atomic mass is 35.5. The summed E-state index contributed by atoms with van der Waals surface area (Å²) >= 11 is 5.89. The average Bonchev–Trinajstić information content (AvgIpc) is 2.57. The van der Waals surface area contributed by atoms with Crippen LogP contribution in [-0.2, 0) is 0 Å². The zero-order valence-electron chi connectivity index (χ0n) is 14.6. The Balaban J connectivity index is 0.00000338. The zero-order chi connectivity index (χ0) is 18.2. The number of rotatable bonds is 9. The van der Waals surface area contributed by atoms with Crippen LogP contribution in [0.3, 0.4) is 0 Å². The van der Waals surface area contributed by atoms with Crippen molar-refractivity contribution in [2.75, 3.05) is 36.8 Å². The summed E-state index contributed by atoms with van der Waals surface area (Å²) in [7, 11) is 0. The molecule has 26 heavy (non-hydrogen) atoms. The van der Waals surface area contributed by atoms with Crippen molar-refractivity contribution in [3.05, 3.63) is 35.1 Å². The van der Waals surface area contributed by atoms with E-state index in [0.29, 0.717) is 12.5 Å². The summed E-state index contributed by atoms with van der Waals surface area (Å²) in [5.74, 6) is -1.03. The van der Waals surface area contributed by atoms with Gasteiger partial charge in [-0.05, 0) is 49.8 Å². The first-order chi connectivity index (χ1) is 12.0. The molecule has 0 saturated carbocycles. The van der Waals surface area contributed by atoms with E-state index in [0.717, 1.165) is 38.2 Å². The molecule has 1 heterocycles. The molecule has 2 rings (SSSR count). The van der Waals surface area contributed by atoms with Gasteiger partial charge in [-0.2, -0.15) is 15.0 Å². The summed E-state index contributed by atoms with van der Waals surface area (Å²) in [6, 6.07) is 3.18. The number of aromatic nitrogens is 3. The summed E-state index contributed by atoms with van der Waals surface area (Å²) in [5, 5.41) is 5.72. The third kappa shape index (κ3) is 6.86. The molecule has 0 aliphatic heterocycles. The Kier molecular flexibility index (Phi) is 9.47. The normalized spacial score (nSPS) is 10.5. The van der Waals surface area contributed by atoms with E-state index >= 15 is 0 Å². The lowest BCUT2D eigenvalue weighted by Crippen LogP contribution is -2.25. The summed E-state index contributed by atoms with van der Waals surface area (Å²) < 4.78 is 26.7. The largest absolute Gasteiger partial charge is 0.354 e. The number of anilines is 3. The second-order valence-electron chi connectivity index (χ2n) is 5.31. The van der Waals surface area contributed by atoms with E-state index in [-0.39, 0.29) is 29.3 Å². The molecule has 0 unspecified atom stereocenters. The molecule has 0 fully saturated rings. The molecule has 1 aromatic heterocycles. The van der Waals surface area contributed by atoms with Gasteiger partial charge in [0.05, 0.1) is 5.69 Å². The number of hydrogen-bond donors (Lipinski definition) is 2. The molecular formula is C16H22Cl2F2N6. The monoisotopic (exact) mass is 406 g/mol. The first-order valence-corrected chi connectivity index (χ1v) is 8.49. The van der Waals surface area contributed by atoms with Crippen molar-refractivity contribution in [1.82, 2.24) is 19.9 Å². The molecule has 0 saturated heterocycles. The van der Waals surface area contributed by atoms with Crippen molar-refractivity contribution >= 4 is 41.6 Å². The van der Waals surface area contributed by atoms with Gasteiger partial charge in [-0.25, -0.2) is 8.78 Å². The van der Waals surface area contributed by atoms with E-state index in [9.17, 15) is 8.78 Å². The maximum Gasteiger partial charge on any atom is 0.233 e. The van der Waals surface area contributed by atoms with Gasteiger partial charge in [-0.3, -0.25) is 0 Å². The van der Waals surface area contributed by atoms with Crippen LogP contribution in [0.2, 0.25) is 5.28 Å². The fourth-order valence-corrected chi connectivity index (χ4v) is 2.40. The number of nitrogens with one attached hydrogen (secondary N) is 2. The summed E-state index contributed by atoms with van der Waals surface area (Å²) in [6.07, 6.45) is 0.917. The lowest BCUT2D eigenvalue weighted by atomic mass is 10.3. The quantitative estimate of drug-likeness (QED) is 0.610. The Hall–Kier alpha value is -1.77. The average molecular weight is 407 g/mol. The van der Waals surface area contributed by atoms with Crippen molar-refractivity contribution in [3.63, 3.8) is 0 Å². The highest BCUT2D eigenvalue weighted by Gasteiger charge is 2.09.